The first kappa shape index (κ1) is 7.10. The van der Waals surface area contributed by atoms with E-state index in [1.54, 1.807) is 0 Å². The second-order valence-electron chi connectivity index (χ2n) is 3.94. The standard InChI is InChI=1S/C8H13NO2/c9-6(7(10)11)3-5-4-8(5)1-2-8/h5-6H,1-4,9H2,(H,10,11)/t5?,6-/m0/s1. The first-order valence-corrected chi connectivity index (χ1v) is 4.12. The number of nitrogens with two attached hydrogens (primary N) is 1. The van der Waals surface area contributed by atoms with E-state index in [2.05, 4.69) is 0 Å². The van der Waals surface area contributed by atoms with Gasteiger partial charge in [0.2, 0.25) is 0 Å². The minimum absolute atomic E-state index is 0.590. The van der Waals surface area contributed by atoms with Gasteiger partial charge in [0.05, 0.1) is 0 Å². The van der Waals surface area contributed by atoms with Crippen molar-refractivity contribution in [2.24, 2.45) is 17.1 Å². The smallest absolute Gasteiger partial charge is 0.320 e. The van der Waals surface area contributed by atoms with Crippen LogP contribution in [0.4, 0.5) is 0 Å². The third-order valence-corrected chi connectivity index (χ3v) is 3.11. The Morgan fingerprint density at radius 2 is 2.36 bits per heavy atom. The molecule has 2 rings (SSSR count). The molecular formula is C8H13NO2. The summed E-state index contributed by atoms with van der Waals surface area (Å²) < 4.78 is 0. The number of carbonyl (C=O) groups is 1. The molecule has 1 unspecified atom stereocenters. The molecule has 0 saturated heterocycles. The number of carboxylic acid groups (broad SMARTS) is 1. The Morgan fingerprint density at radius 3 is 2.73 bits per heavy atom. The lowest BCUT2D eigenvalue weighted by molar-refractivity contribution is -0.138. The molecule has 0 bridgehead atoms. The van der Waals surface area contributed by atoms with Gasteiger partial charge in [-0.25, -0.2) is 0 Å². The summed E-state index contributed by atoms with van der Waals surface area (Å²) in [5, 5.41) is 8.52. The van der Waals surface area contributed by atoms with E-state index in [1.807, 2.05) is 0 Å². The van der Waals surface area contributed by atoms with Crippen LogP contribution in [0.5, 0.6) is 0 Å². The van der Waals surface area contributed by atoms with Crippen molar-refractivity contribution in [3.05, 3.63) is 0 Å². The molecule has 0 aromatic heterocycles. The summed E-state index contributed by atoms with van der Waals surface area (Å²) in [5.74, 6) is -0.221. The predicted octanol–water partition coefficient (Wildman–Crippen LogP) is 0.588. The monoisotopic (exact) mass is 155 g/mol. The lowest BCUT2D eigenvalue weighted by Gasteiger charge is -2.03. The van der Waals surface area contributed by atoms with Crippen LogP contribution in [-0.4, -0.2) is 17.1 Å². The predicted molar refractivity (Wildman–Crippen MR) is 40.0 cm³/mol. The average molecular weight is 155 g/mol. The van der Waals surface area contributed by atoms with Gasteiger partial charge in [-0.15, -0.1) is 0 Å². The van der Waals surface area contributed by atoms with E-state index in [0.29, 0.717) is 17.8 Å². The molecule has 0 aliphatic heterocycles. The van der Waals surface area contributed by atoms with Crippen LogP contribution in [0.3, 0.4) is 0 Å². The zero-order valence-corrected chi connectivity index (χ0v) is 6.42. The maximum Gasteiger partial charge on any atom is 0.320 e. The van der Waals surface area contributed by atoms with Crippen LogP contribution in [0, 0.1) is 11.3 Å². The average Bonchev–Trinajstić information content (AvgIpc) is 2.78. The summed E-state index contributed by atoms with van der Waals surface area (Å²) in [7, 11) is 0. The molecule has 0 aromatic rings. The normalized spacial score (nSPS) is 33.4. The van der Waals surface area contributed by atoms with Gasteiger partial charge >= 0.3 is 5.97 Å². The van der Waals surface area contributed by atoms with Crippen molar-refractivity contribution in [1.29, 1.82) is 0 Å². The van der Waals surface area contributed by atoms with Crippen molar-refractivity contribution in [3.63, 3.8) is 0 Å². The van der Waals surface area contributed by atoms with E-state index in [-0.39, 0.29) is 0 Å². The first-order valence-electron chi connectivity index (χ1n) is 4.12. The highest BCUT2D eigenvalue weighted by Gasteiger charge is 2.62. The number of aliphatic carboxylic acids is 1. The van der Waals surface area contributed by atoms with Crippen molar-refractivity contribution in [2.75, 3.05) is 0 Å². The Hall–Kier alpha value is -0.570. The van der Waals surface area contributed by atoms with E-state index in [0.717, 1.165) is 0 Å². The third kappa shape index (κ3) is 1.13. The Morgan fingerprint density at radius 1 is 1.73 bits per heavy atom. The molecule has 0 radical (unpaired) electrons. The highest BCUT2D eigenvalue weighted by Crippen LogP contribution is 2.71. The van der Waals surface area contributed by atoms with Crippen LogP contribution >= 0.6 is 0 Å². The maximum atomic E-state index is 10.4. The van der Waals surface area contributed by atoms with Crippen LogP contribution < -0.4 is 5.73 Å². The summed E-state index contributed by atoms with van der Waals surface area (Å²) in [5.41, 5.74) is 6.00. The summed E-state index contributed by atoms with van der Waals surface area (Å²) >= 11 is 0. The second-order valence-corrected chi connectivity index (χ2v) is 3.94. The molecule has 0 amide bonds. The Kier molecular flexibility index (Phi) is 1.27. The van der Waals surface area contributed by atoms with Crippen molar-refractivity contribution in [1.82, 2.24) is 0 Å². The number of rotatable bonds is 3. The number of hydrogen-bond acceptors (Lipinski definition) is 2. The molecule has 2 aliphatic carbocycles. The van der Waals surface area contributed by atoms with E-state index in [1.165, 1.54) is 19.3 Å². The molecule has 0 heterocycles. The van der Waals surface area contributed by atoms with Crippen LogP contribution in [0.25, 0.3) is 0 Å². The second kappa shape index (κ2) is 1.97. The molecule has 2 atom stereocenters. The molecule has 1 spiro atoms. The van der Waals surface area contributed by atoms with Crippen LogP contribution in [0.2, 0.25) is 0 Å². The Balaban J connectivity index is 1.78. The van der Waals surface area contributed by atoms with Crippen LogP contribution in [0.15, 0.2) is 0 Å². The summed E-state index contributed by atoms with van der Waals surface area (Å²) in [4.78, 5) is 10.4. The van der Waals surface area contributed by atoms with Gasteiger partial charge in [0.1, 0.15) is 6.04 Å². The molecule has 2 fully saturated rings. The molecule has 3 N–H and O–H groups in total. The molecule has 62 valence electrons. The van der Waals surface area contributed by atoms with Crippen molar-refractivity contribution in [3.8, 4) is 0 Å². The summed E-state index contributed by atoms with van der Waals surface area (Å²) in [6.07, 6.45) is 4.54. The fraction of sp³-hybridized carbons (Fsp3) is 0.875. The van der Waals surface area contributed by atoms with Crippen molar-refractivity contribution in [2.45, 2.75) is 31.7 Å². The topological polar surface area (TPSA) is 63.3 Å². The first-order chi connectivity index (χ1) is 5.14. The van der Waals surface area contributed by atoms with Crippen molar-refractivity contribution < 1.29 is 9.90 Å². The highest BCUT2D eigenvalue weighted by atomic mass is 16.4. The van der Waals surface area contributed by atoms with E-state index in [9.17, 15) is 4.79 Å². The lowest BCUT2D eigenvalue weighted by Crippen LogP contribution is -2.30. The van der Waals surface area contributed by atoms with E-state index in [4.69, 9.17) is 10.8 Å². The number of carboxylic acids is 1. The van der Waals surface area contributed by atoms with Gasteiger partial charge in [-0.3, -0.25) is 4.79 Å². The van der Waals surface area contributed by atoms with Crippen molar-refractivity contribution >= 4 is 5.97 Å². The third-order valence-electron chi connectivity index (χ3n) is 3.11. The number of hydrogen-bond donors (Lipinski definition) is 2. The lowest BCUT2D eigenvalue weighted by atomic mass is 10.1. The van der Waals surface area contributed by atoms with Gasteiger partial charge in [-0.05, 0) is 37.0 Å². The molecule has 0 aromatic carbocycles. The largest absolute Gasteiger partial charge is 0.480 e. The van der Waals surface area contributed by atoms with E-state index < -0.39 is 12.0 Å². The fourth-order valence-electron chi connectivity index (χ4n) is 1.95. The molecule has 2 saturated carbocycles. The Labute approximate surface area is 65.6 Å². The molecule has 11 heavy (non-hydrogen) atoms. The maximum absolute atomic E-state index is 10.4. The molecule has 3 heteroatoms. The van der Waals surface area contributed by atoms with Gasteiger partial charge in [0.25, 0.3) is 0 Å². The minimum Gasteiger partial charge on any atom is -0.480 e. The summed E-state index contributed by atoms with van der Waals surface area (Å²) in [6, 6.07) is -0.625. The summed E-state index contributed by atoms with van der Waals surface area (Å²) in [6.45, 7) is 0. The fourth-order valence-corrected chi connectivity index (χ4v) is 1.95. The van der Waals surface area contributed by atoms with E-state index >= 15 is 0 Å². The van der Waals surface area contributed by atoms with Gasteiger partial charge in [-0.1, -0.05) is 0 Å². The molecular weight excluding hydrogens is 142 g/mol. The minimum atomic E-state index is -0.854. The van der Waals surface area contributed by atoms with Crippen LogP contribution in [-0.2, 0) is 4.79 Å². The zero-order valence-electron chi connectivity index (χ0n) is 6.42. The Bertz CT molecular complexity index is 198. The SMILES string of the molecule is N[C@@H](CC1CC12CC2)C(=O)O. The molecule has 2 aliphatic rings. The highest BCUT2D eigenvalue weighted by molar-refractivity contribution is 5.73. The molecule has 3 nitrogen and oxygen atoms in total. The quantitative estimate of drug-likeness (QED) is 0.627. The van der Waals surface area contributed by atoms with Crippen LogP contribution in [0.1, 0.15) is 25.7 Å². The van der Waals surface area contributed by atoms with Gasteiger partial charge < -0.3 is 10.8 Å². The van der Waals surface area contributed by atoms with Gasteiger partial charge in [-0.2, -0.15) is 0 Å². The van der Waals surface area contributed by atoms with Gasteiger partial charge in [0, 0.05) is 0 Å². The zero-order chi connectivity index (χ0) is 8.06. The van der Waals surface area contributed by atoms with Gasteiger partial charge in [0.15, 0.2) is 0 Å².